The van der Waals surface area contributed by atoms with Crippen molar-refractivity contribution in [2.75, 3.05) is 27.5 Å². The highest BCUT2D eigenvalue weighted by Crippen LogP contribution is 2.37. The number of hydrogen-bond donors (Lipinski definition) is 1. The van der Waals surface area contributed by atoms with E-state index in [0.717, 1.165) is 0 Å². The van der Waals surface area contributed by atoms with Crippen LogP contribution >= 0.6 is 0 Å². The molecule has 0 saturated carbocycles. The van der Waals surface area contributed by atoms with E-state index in [1.807, 2.05) is 6.07 Å². The first-order valence-corrected chi connectivity index (χ1v) is 6.58. The number of nitrogens with zero attached hydrogens (tertiary/aromatic N) is 2. The fourth-order valence-electron chi connectivity index (χ4n) is 2.66. The topological polar surface area (TPSA) is 85.3 Å². The van der Waals surface area contributed by atoms with E-state index in [2.05, 4.69) is 0 Å². The molecule has 1 aliphatic heterocycles. The molecule has 1 aromatic carbocycles. The quantitative estimate of drug-likeness (QED) is 0.642. The predicted molar refractivity (Wildman–Crippen MR) is 74.1 cm³/mol. The average Bonchev–Trinajstić information content (AvgIpc) is 2.49. The van der Waals surface area contributed by atoms with Gasteiger partial charge in [-0.1, -0.05) is 30.3 Å². The van der Waals surface area contributed by atoms with Gasteiger partial charge in [-0.05, 0) is 5.56 Å². The van der Waals surface area contributed by atoms with Crippen LogP contribution < -0.4 is 0 Å². The average molecular weight is 295 g/mol. The third-order valence-electron chi connectivity index (χ3n) is 3.74. The first-order valence-electron chi connectivity index (χ1n) is 6.58. The zero-order valence-electron chi connectivity index (χ0n) is 12.1. The second kappa shape index (κ2) is 6.50. The Morgan fingerprint density at radius 3 is 2.71 bits per heavy atom. The van der Waals surface area contributed by atoms with Gasteiger partial charge in [0.05, 0.1) is 5.54 Å². The van der Waals surface area contributed by atoms with Crippen LogP contribution in [0.5, 0.6) is 0 Å². The summed E-state index contributed by atoms with van der Waals surface area (Å²) in [5.41, 5.74) is -0.615. The van der Waals surface area contributed by atoms with E-state index in [1.165, 1.54) is 12.0 Å². The molecule has 1 saturated heterocycles. The fourth-order valence-corrected chi connectivity index (χ4v) is 2.66. The summed E-state index contributed by atoms with van der Waals surface area (Å²) >= 11 is 0. The summed E-state index contributed by atoms with van der Waals surface area (Å²) in [5.74, 6) is -0.236. The molecular formula is C14H19N2O5-. The van der Waals surface area contributed by atoms with Crippen LogP contribution in [0, 0.1) is 5.21 Å². The van der Waals surface area contributed by atoms with E-state index < -0.39 is 11.6 Å². The van der Waals surface area contributed by atoms with Crippen molar-refractivity contribution in [2.45, 2.75) is 18.1 Å². The van der Waals surface area contributed by atoms with Gasteiger partial charge >= 0.3 is 0 Å². The van der Waals surface area contributed by atoms with Crippen LogP contribution in [0.3, 0.4) is 0 Å². The number of benzene rings is 1. The molecule has 2 rings (SSSR count). The monoisotopic (exact) mass is 295 g/mol. The Bertz CT molecular complexity index is 482. The Balaban J connectivity index is 2.35. The number of amides is 1. The van der Waals surface area contributed by atoms with E-state index in [9.17, 15) is 15.2 Å². The second-order valence-electron chi connectivity index (χ2n) is 5.13. The molecule has 1 aliphatic rings. The maximum Gasteiger partial charge on any atom is 0.251 e. The SMILES string of the molecule is COCOC1CC(c2ccccc2)(N([O-])O)CN(C)C1=O. The van der Waals surface area contributed by atoms with Gasteiger partial charge in [0.1, 0.15) is 12.9 Å². The molecule has 0 aliphatic carbocycles. The van der Waals surface area contributed by atoms with Crippen molar-refractivity contribution in [3.63, 3.8) is 0 Å². The number of piperidine rings is 1. The summed E-state index contributed by atoms with van der Waals surface area (Å²) in [6, 6.07) is 8.88. The van der Waals surface area contributed by atoms with Gasteiger partial charge in [-0.2, -0.15) is 0 Å². The summed E-state index contributed by atoms with van der Waals surface area (Å²) < 4.78 is 10.2. The van der Waals surface area contributed by atoms with Gasteiger partial charge in [0, 0.05) is 27.1 Å². The molecule has 1 amide bonds. The predicted octanol–water partition coefficient (Wildman–Crippen LogP) is 0.922. The molecule has 21 heavy (non-hydrogen) atoms. The lowest BCUT2D eigenvalue weighted by atomic mass is 9.81. The van der Waals surface area contributed by atoms with Crippen LogP contribution in [0.4, 0.5) is 0 Å². The molecule has 1 heterocycles. The first kappa shape index (κ1) is 15.9. The third-order valence-corrected chi connectivity index (χ3v) is 3.74. The summed E-state index contributed by atoms with van der Waals surface area (Å²) in [6.45, 7) is 0.0299. The van der Waals surface area contributed by atoms with Crippen LogP contribution in [-0.4, -0.2) is 54.8 Å². The first-order chi connectivity index (χ1) is 10.0. The molecule has 116 valence electrons. The number of rotatable bonds is 5. The van der Waals surface area contributed by atoms with E-state index in [4.69, 9.17) is 9.47 Å². The molecule has 0 radical (unpaired) electrons. The Morgan fingerprint density at radius 2 is 2.14 bits per heavy atom. The fraction of sp³-hybridized carbons (Fsp3) is 0.500. The van der Waals surface area contributed by atoms with Crippen molar-refractivity contribution < 1.29 is 19.5 Å². The van der Waals surface area contributed by atoms with Crippen LogP contribution in [0.15, 0.2) is 30.3 Å². The van der Waals surface area contributed by atoms with Gasteiger partial charge in [0.2, 0.25) is 0 Å². The molecule has 1 fully saturated rings. The maximum absolute atomic E-state index is 12.1. The van der Waals surface area contributed by atoms with Gasteiger partial charge in [0.15, 0.2) is 0 Å². The third kappa shape index (κ3) is 3.07. The smallest absolute Gasteiger partial charge is 0.251 e. The van der Waals surface area contributed by atoms with E-state index in [0.29, 0.717) is 5.56 Å². The number of carbonyl (C=O) groups excluding carboxylic acids is 1. The molecule has 2 atom stereocenters. The summed E-state index contributed by atoms with van der Waals surface area (Å²) in [5, 5.41) is 21.4. The lowest BCUT2D eigenvalue weighted by molar-refractivity contribution is -0.196. The lowest BCUT2D eigenvalue weighted by Gasteiger charge is -2.51. The molecular weight excluding hydrogens is 276 g/mol. The van der Waals surface area contributed by atoms with Crippen molar-refractivity contribution in [1.82, 2.24) is 10.1 Å². The Hall–Kier alpha value is -1.51. The van der Waals surface area contributed by atoms with Crippen LogP contribution in [0.1, 0.15) is 12.0 Å². The number of methoxy groups -OCH3 is 1. The molecule has 0 bridgehead atoms. The summed E-state index contributed by atoms with van der Waals surface area (Å²) in [4.78, 5) is 13.5. The van der Waals surface area contributed by atoms with Crippen LogP contribution in [0.25, 0.3) is 0 Å². The second-order valence-corrected chi connectivity index (χ2v) is 5.13. The number of carbonyl (C=O) groups is 1. The number of hydrogen-bond acceptors (Lipinski definition) is 6. The summed E-state index contributed by atoms with van der Waals surface area (Å²) in [7, 11) is 3.03. The van der Waals surface area contributed by atoms with Gasteiger partial charge in [-0.3, -0.25) is 10.0 Å². The minimum absolute atomic E-state index is 0.0561. The van der Waals surface area contributed by atoms with Gasteiger partial charge in [-0.25, -0.2) is 0 Å². The molecule has 1 aromatic rings. The largest absolute Gasteiger partial charge is 0.761 e. The lowest BCUT2D eigenvalue weighted by Crippen LogP contribution is -2.59. The highest BCUT2D eigenvalue weighted by Gasteiger charge is 2.45. The number of likely N-dealkylation sites (tertiary alicyclic amines) is 1. The zero-order valence-corrected chi connectivity index (χ0v) is 12.1. The molecule has 0 aromatic heterocycles. The van der Waals surface area contributed by atoms with Crippen molar-refractivity contribution >= 4 is 5.91 Å². The standard InChI is InChI=1S/C14H19N2O5/c1-15-9-14(16(18)19,11-6-4-3-5-7-11)8-12(13(15)17)21-10-20-2/h3-7,12,18H,8-10H2,1-2H3/q-1. The highest BCUT2D eigenvalue weighted by atomic mass is 16.8. The molecule has 7 nitrogen and oxygen atoms in total. The maximum atomic E-state index is 12.1. The number of likely N-dealkylation sites (N-methyl/N-ethyl adjacent to an activating group) is 1. The molecule has 1 N–H and O–H groups in total. The van der Waals surface area contributed by atoms with E-state index in [-0.39, 0.29) is 30.9 Å². The Kier molecular flexibility index (Phi) is 4.92. The van der Waals surface area contributed by atoms with Crippen LogP contribution in [-0.2, 0) is 19.8 Å². The minimum Gasteiger partial charge on any atom is -0.761 e. The zero-order chi connectivity index (χ0) is 15.5. The Morgan fingerprint density at radius 1 is 1.48 bits per heavy atom. The molecule has 0 spiro atoms. The minimum atomic E-state index is -1.25. The van der Waals surface area contributed by atoms with Gasteiger partial charge in [0.25, 0.3) is 5.91 Å². The van der Waals surface area contributed by atoms with Crippen molar-refractivity contribution in [3.05, 3.63) is 41.1 Å². The molecule has 7 heteroatoms. The van der Waals surface area contributed by atoms with Crippen molar-refractivity contribution in [1.29, 1.82) is 0 Å². The summed E-state index contributed by atoms with van der Waals surface area (Å²) in [6.07, 6.45) is -0.781. The Labute approximate surface area is 123 Å². The van der Waals surface area contributed by atoms with E-state index >= 15 is 0 Å². The van der Waals surface area contributed by atoms with Gasteiger partial charge < -0.3 is 24.8 Å². The number of hydroxylamine groups is 2. The van der Waals surface area contributed by atoms with Gasteiger partial charge in [-0.15, -0.1) is 0 Å². The number of ether oxygens (including phenoxy) is 2. The van der Waals surface area contributed by atoms with Crippen molar-refractivity contribution in [3.8, 4) is 0 Å². The van der Waals surface area contributed by atoms with Crippen molar-refractivity contribution in [2.24, 2.45) is 0 Å². The normalized spacial score (nSPS) is 26.4. The van der Waals surface area contributed by atoms with E-state index in [1.54, 1.807) is 31.3 Å². The molecule has 2 unspecified atom stereocenters. The highest BCUT2D eigenvalue weighted by molar-refractivity contribution is 5.82. The van der Waals surface area contributed by atoms with Crippen LogP contribution in [0.2, 0.25) is 0 Å².